The Balaban J connectivity index is 3.21. The number of benzene rings is 1. The molecule has 1 atom stereocenters. The van der Waals surface area contributed by atoms with Gasteiger partial charge in [0.15, 0.2) is 0 Å². The minimum Gasteiger partial charge on any atom is -0.329 e. The second-order valence-electron chi connectivity index (χ2n) is 4.34. The average Bonchev–Trinajstić information content (AvgIpc) is 2.24. The lowest BCUT2D eigenvalue weighted by atomic mass is 9.99. The summed E-state index contributed by atoms with van der Waals surface area (Å²) in [5, 5.41) is 2.93. The molecule has 1 unspecified atom stereocenters. The topological polar surface area (TPSA) is 38.0 Å². The zero-order valence-electron chi connectivity index (χ0n) is 10.2. The van der Waals surface area contributed by atoms with E-state index >= 15 is 0 Å². The zero-order chi connectivity index (χ0) is 13.9. The van der Waals surface area contributed by atoms with Crippen molar-refractivity contribution in [2.24, 2.45) is 5.73 Å². The van der Waals surface area contributed by atoms with Gasteiger partial charge in [0.25, 0.3) is 0 Å². The highest BCUT2D eigenvalue weighted by Gasteiger charge is 2.35. The van der Waals surface area contributed by atoms with Crippen LogP contribution in [0.5, 0.6) is 0 Å². The molecule has 102 valence electrons. The van der Waals surface area contributed by atoms with Gasteiger partial charge in [0, 0.05) is 18.6 Å². The number of nitrogens with one attached hydrogen (secondary N) is 1. The average molecular weight is 264 g/mol. The molecule has 1 rings (SSSR count). The van der Waals surface area contributed by atoms with Crippen LogP contribution in [-0.4, -0.2) is 12.6 Å². The molecule has 0 aliphatic heterocycles. The number of rotatable bonds is 4. The van der Waals surface area contributed by atoms with Crippen molar-refractivity contribution in [2.45, 2.75) is 32.1 Å². The van der Waals surface area contributed by atoms with E-state index in [1.807, 2.05) is 0 Å². The molecular weight excluding hydrogens is 248 g/mol. The lowest BCUT2D eigenvalue weighted by Crippen LogP contribution is -2.34. The highest BCUT2D eigenvalue weighted by atomic mass is 19.4. The van der Waals surface area contributed by atoms with Gasteiger partial charge in [-0.2, -0.15) is 13.2 Å². The van der Waals surface area contributed by atoms with Gasteiger partial charge in [0.1, 0.15) is 5.82 Å². The van der Waals surface area contributed by atoms with E-state index < -0.39 is 23.6 Å². The van der Waals surface area contributed by atoms with E-state index in [4.69, 9.17) is 5.73 Å². The highest BCUT2D eigenvalue weighted by molar-refractivity contribution is 5.33. The van der Waals surface area contributed by atoms with Crippen LogP contribution in [-0.2, 0) is 6.18 Å². The number of alkyl halides is 3. The quantitative estimate of drug-likeness (QED) is 0.821. The van der Waals surface area contributed by atoms with Gasteiger partial charge in [-0.25, -0.2) is 4.39 Å². The van der Waals surface area contributed by atoms with Crippen molar-refractivity contribution < 1.29 is 17.6 Å². The van der Waals surface area contributed by atoms with Crippen LogP contribution < -0.4 is 11.1 Å². The van der Waals surface area contributed by atoms with Crippen molar-refractivity contribution in [3.63, 3.8) is 0 Å². The fourth-order valence-corrected chi connectivity index (χ4v) is 1.77. The van der Waals surface area contributed by atoms with Crippen LogP contribution in [0.25, 0.3) is 0 Å². The van der Waals surface area contributed by atoms with E-state index in [2.05, 4.69) is 5.32 Å². The number of hydrogen-bond donors (Lipinski definition) is 2. The van der Waals surface area contributed by atoms with Crippen molar-refractivity contribution in [2.75, 3.05) is 6.54 Å². The largest absolute Gasteiger partial charge is 0.416 e. The van der Waals surface area contributed by atoms with Gasteiger partial charge in [-0.1, -0.05) is 19.9 Å². The van der Waals surface area contributed by atoms with Gasteiger partial charge < -0.3 is 11.1 Å². The monoisotopic (exact) mass is 264 g/mol. The summed E-state index contributed by atoms with van der Waals surface area (Å²) in [6.07, 6.45) is -4.59. The minimum absolute atomic E-state index is 0.00684. The van der Waals surface area contributed by atoms with Crippen LogP contribution in [0.3, 0.4) is 0 Å². The standard InChI is InChI=1S/C12H16F4N2/c1-7(2)18-11(6-17)9-4-3-8(13)5-10(9)12(14,15)16/h3-5,7,11,18H,6,17H2,1-2H3. The number of nitrogens with two attached hydrogens (primary N) is 1. The summed E-state index contributed by atoms with van der Waals surface area (Å²) in [5.41, 5.74) is 4.47. The van der Waals surface area contributed by atoms with Gasteiger partial charge in [0.2, 0.25) is 0 Å². The zero-order valence-corrected chi connectivity index (χ0v) is 10.2. The molecule has 0 saturated carbocycles. The van der Waals surface area contributed by atoms with Gasteiger partial charge in [0.05, 0.1) is 5.56 Å². The Bertz CT molecular complexity index is 402. The molecule has 0 saturated heterocycles. The molecule has 3 N–H and O–H groups in total. The minimum atomic E-state index is -4.59. The number of halogens is 4. The van der Waals surface area contributed by atoms with Crippen LogP contribution in [0.1, 0.15) is 31.0 Å². The molecular formula is C12H16F4N2. The van der Waals surface area contributed by atoms with E-state index in [1.165, 1.54) is 0 Å². The lowest BCUT2D eigenvalue weighted by Gasteiger charge is -2.23. The van der Waals surface area contributed by atoms with Crippen molar-refractivity contribution in [3.8, 4) is 0 Å². The van der Waals surface area contributed by atoms with Gasteiger partial charge >= 0.3 is 6.18 Å². The Hall–Kier alpha value is -1.14. The summed E-state index contributed by atoms with van der Waals surface area (Å²) in [5.74, 6) is -0.911. The molecule has 2 nitrogen and oxygen atoms in total. The molecule has 1 aromatic rings. The van der Waals surface area contributed by atoms with Gasteiger partial charge in [-0.05, 0) is 17.7 Å². The van der Waals surface area contributed by atoms with E-state index in [1.54, 1.807) is 13.8 Å². The predicted molar refractivity (Wildman–Crippen MR) is 61.5 cm³/mol. The first kappa shape index (κ1) is 14.9. The molecule has 0 radical (unpaired) electrons. The summed E-state index contributed by atoms with van der Waals surface area (Å²) in [4.78, 5) is 0. The third-order valence-corrected chi connectivity index (χ3v) is 2.47. The predicted octanol–water partition coefficient (Wildman–Crippen LogP) is 2.84. The maximum atomic E-state index is 13.0. The highest BCUT2D eigenvalue weighted by Crippen LogP contribution is 2.35. The summed E-state index contributed by atoms with van der Waals surface area (Å²) >= 11 is 0. The summed E-state index contributed by atoms with van der Waals surface area (Å²) in [6.45, 7) is 3.62. The fourth-order valence-electron chi connectivity index (χ4n) is 1.77. The summed E-state index contributed by atoms with van der Waals surface area (Å²) in [6, 6.07) is 1.97. The lowest BCUT2D eigenvalue weighted by molar-refractivity contribution is -0.138. The molecule has 0 heterocycles. The molecule has 0 aromatic heterocycles. The molecule has 1 aromatic carbocycles. The molecule has 0 bridgehead atoms. The third-order valence-electron chi connectivity index (χ3n) is 2.47. The maximum absolute atomic E-state index is 13.0. The Morgan fingerprint density at radius 1 is 1.28 bits per heavy atom. The first-order valence-corrected chi connectivity index (χ1v) is 5.58. The molecule has 0 fully saturated rings. The normalized spacial score (nSPS) is 14.0. The van der Waals surface area contributed by atoms with E-state index in [-0.39, 0.29) is 18.2 Å². The van der Waals surface area contributed by atoms with Crippen LogP contribution in [0.2, 0.25) is 0 Å². The second-order valence-corrected chi connectivity index (χ2v) is 4.34. The maximum Gasteiger partial charge on any atom is 0.416 e. The first-order valence-electron chi connectivity index (χ1n) is 5.58. The van der Waals surface area contributed by atoms with Gasteiger partial charge in [-0.15, -0.1) is 0 Å². The fraction of sp³-hybridized carbons (Fsp3) is 0.500. The summed E-state index contributed by atoms with van der Waals surface area (Å²) < 4.78 is 51.4. The first-order chi connectivity index (χ1) is 8.25. The van der Waals surface area contributed by atoms with Gasteiger partial charge in [-0.3, -0.25) is 0 Å². The second kappa shape index (κ2) is 5.67. The Morgan fingerprint density at radius 2 is 1.89 bits per heavy atom. The third kappa shape index (κ3) is 3.68. The van der Waals surface area contributed by atoms with E-state index in [9.17, 15) is 17.6 Å². The number of hydrogen-bond acceptors (Lipinski definition) is 2. The van der Waals surface area contributed by atoms with Crippen molar-refractivity contribution in [1.82, 2.24) is 5.32 Å². The van der Waals surface area contributed by atoms with Crippen LogP contribution >= 0.6 is 0 Å². The Labute approximate surface area is 103 Å². The van der Waals surface area contributed by atoms with Crippen molar-refractivity contribution >= 4 is 0 Å². The molecule has 0 spiro atoms. The Morgan fingerprint density at radius 3 is 2.33 bits per heavy atom. The van der Waals surface area contributed by atoms with Crippen molar-refractivity contribution in [1.29, 1.82) is 0 Å². The molecule has 0 aliphatic carbocycles. The van der Waals surface area contributed by atoms with Crippen LogP contribution in [0.15, 0.2) is 18.2 Å². The van der Waals surface area contributed by atoms with Crippen LogP contribution in [0.4, 0.5) is 17.6 Å². The smallest absolute Gasteiger partial charge is 0.329 e. The van der Waals surface area contributed by atoms with E-state index in [0.29, 0.717) is 6.07 Å². The SMILES string of the molecule is CC(C)NC(CN)c1ccc(F)cc1C(F)(F)F. The molecule has 0 amide bonds. The molecule has 0 aliphatic rings. The van der Waals surface area contributed by atoms with E-state index in [0.717, 1.165) is 12.1 Å². The van der Waals surface area contributed by atoms with Crippen molar-refractivity contribution in [3.05, 3.63) is 35.1 Å². The molecule has 6 heteroatoms. The Kier molecular flexibility index (Phi) is 4.70. The van der Waals surface area contributed by atoms with Crippen LogP contribution in [0, 0.1) is 5.82 Å². The molecule has 18 heavy (non-hydrogen) atoms. The summed E-state index contributed by atoms with van der Waals surface area (Å²) in [7, 11) is 0.